The van der Waals surface area contributed by atoms with Gasteiger partial charge < -0.3 is 9.80 Å². The van der Waals surface area contributed by atoms with Gasteiger partial charge in [0, 0.05) is 32.1 Å². The van der Waals surface area contributed by atoms with Crippen LogP contribution in [-0.4, -0.2) is 47.8 Å². The molecule has 1 aromatic rings. The highest BCUT2D eigenvalue weighted by Crippen LogP contribution is 2.21. The zero-order valence-electron chi connectivity index (χ0n) is 13.9. The van der Waals surface area contributed by atoms with Gasteiger partial charge in [0.05, 0.1) is 23.8 Å². The maximum Gasteiger partial charge on any atom is 0.151 e. The van der Waals surface area contributed by atoms with Crippen molar-refractivity contribution >= 4 is 5.82 Å². The van der Waals surface area contributed by atoms with Crippen LogP contribution >= 0.6 is 0 Å². The molecule has 1 saturated heterocycles. The van der Waals surface area contributed by atoms with Crippen LogP contribution in [0.3, 0.4) is 0 Å². The van der Waals surface area contributed by atoms with Crippen molar-refractivity contribution in [1.82, 2.24) is 15.1 Å². The molecule has 0 radical (unpaired) electrons. The summed E-state index contributed by atoms with van der Waals surface area (Å²) in [6, 6.07) is 8.87. The summed E-state index contributed by atoms with van der Waals surface area (Å²) in [6.07, 6.45) is 3.34. The van der Waals surface area contributed by atoms with Gasteiger partial charge in [-0.3, -0.25) is 0 Å². The van der Waals surface area contributed by atoms with Gasteiger partial charge in [-0.25, -0.2) is 0 Å². The predicted octanol–water partition coefficient (Wildman–Crippen LogP) is 2.13. The SMILES string of the molecule is Cc1ccc(N2CCC[C@H](N(C)C[C@@H](C#N)CCC#N)C2)nn1. The van der Waals surface area contributed by atoms with E-state index in [4.69, 9.17) is 5.26 Å². The first-order chi connectivity index (χ1) is 11.1. The predicted molar refractivity (Wildman–Crippen MR) is 88.6 cm³/mol. The Morgan fingerprint density at radius 3 is 2.87 bits per heavy atom. The minimum absolute atomic E-state index is 0.0748. The Morgan fingerprint density at radius 1 is 1.39 bits per heavy atom. The number of nitriles is 2. The van der Waals surface area contributed by atoms with E-state index in [2.05, 4.69) is 39.2 Å². The van der Waals surface area contributed by atoms with E-state index >= 15 is 0 Å². The number of likely N-dealkylation sites (N-methyl/N-ethyl adjacent to an activating group) is 1. The van der Waals surface area contributed by atoms with E-state index in [0.717, 1.165) is 44.0 Å². The van der Waals surface area contributed by atoms with Crippen LogP contribution < -0.4 is 4.90 Å². The summed E-state index contributed by atoms with van der Waals surface area (Å²) in [5.41, 5.74) is 0.925. The number of anilines is 1. The Kier molecular flexibility index (Phi) is 6.31. The normalized spacial score (nSPS) is 19.2. The fourth-order valence-corrected chi connectivity index (χ4v) is 3.02. The molecule has 2 rings (SSSR count). The standard InChI is InChI=1S/C17H24N6/c1-14-7-8-17(21-20-14)23-10-4-6-16(13-23)22(2)12-15(11-19)5-3-9-18/h7-8,15-16H,3-6,10,12-13H2,1-2H3/t15-,16+/m1/s1. The Bertz CT molecular complexity index is 570. The summed E-state index contributed by atoms with van der Waals surface area (Å²) >= 11 is 0. The van der Waals surface area contributed by atoms with Crippen molar-refractivity contribution in [2.45, 2.75) is 38.6 Å². The zero-order chi connectivity index (χ0) is 16.7. The fourth-order valence-electron chi connectivity index (χ4n) is 3.02. The van der Waals surface area contributed by atoms with E-state index in [1.165, 1.54) is 0 Å². The highest BCUT2D eigenvalue weighted by Gasteiger charge is 2.25. The molecule has 6 nitrogen and oxygen atoms in total. The first-order valence-electron chi connectivity index (χ1n) is 8.16. The van der Waals surface area contributed by atoms with Crippen LogP contribution in [0.2, 0.25) is 0 Å². The second-order valence-corrected chi connectivity index (χ2v) is 6.24. The van der Waals surface area contributed by atoms with Crippen LogP contribution in [0.15, 0.2) is 12.1 Å². The van der Waals surface area contributed by atoms with Crippen LogP contribution in [0.25, 0.3) is 0 Å². The van der Waals surface area contributed by atoms with Gasteiger partial charge in [0.25, 0.3) is 0 Å². The Balaban J connectivity index is 1.93. The summed E-state index contributed by atoms with van der Waals surface area (Å²) in [7, 11) is 2.08. The van der Waals surface area contributed by atoms with Crippen LogP contribution in [0.1, 0.15) is 31.4 Å². The maximum absolute atomic E-state index is 9.24. The van der Waals surface area contributed by atoms with Gasteiger partial charge in [0.1, 0.15) is 0 Å². The van der Waals surface area contributed by atoms with Crippen molar-refractivity contribution in [1.29, 1.82) is 10.5 Å². The average molecular weight is 312 g/mol. The van der Waals surface area contributed by atoms with E-state index < -0.39 is 0 Å². The van der Waals surface area contributed by atoms with E-state index in [1.807, 2.05) is 19.1 Å². The second kappa shape index (κ2) is 8.45. The number of aryl methyl sites for hydroxylation is 1. The van der Waals surface area contributed by atoms with Gasteiger partial charge in [0.15, 0.2) is 5.82 Å². The molecule has 0 bridgehead atoms. The van der Waals surface area contributed by atoms with E-state index in [0.29, 0.717) is 18.9 Å². The molecule has 0 unspecified atom stereocenters. The van der Waals surface area contributed by atoms with Gasteiger partial charge in [-0.15, -0.1) is 5.10 Å². The van der Waals surface area contributed by atoms with Gasteiger partial charge in [-0.2, -0.15) is 15.6 Å². The molecule has 2 atom stereocenters. The Morgan fingerprint density at radius 2 is 2.22 bits per heavy atom. The zero-order valence-corrected chi connectivity index (χ0v) is 13.9. The lowest BCUT2D eigenvalue weighted by atomic mass is 10.0. The van der Waals surface area contributed by atoms with Gasteiger partial charge in [0.2, 0.25) is 0 Å². The molecule has 1 fully saturated rings. The Labute approximate surface area is 138 Å². The van der Waals surface area contributed by atoms with Crippen molar-refractivity contribution < 1.29 is 0 Å². The number of piperidine rings is 1. The number of hydrogen-bond acceptors (Lipinski definition) is 6. The van der Waals surface area contributed by atoms with Crippen molar-refractivity contribution in [3.05, 3.63) is 17.8 Å². The molecule has 0 spiro atoms. The summed E-state index contributed by atoms with van der Waals surface area (Å²) < 4.78 is 0. The molecular formula is C17H24N6. The van der Waals surface area contributed by atoms with Crippen LogP contribution in [-0.2, 0) is 0 Å². The van der Waals surface area contributed by atoms with E-state index in [1.54, 1.807) is 0 Å². The van der Waals surface area contributed by atoms with Crippen LogP contribution in [0.5, 0.6) is 0 Å². The number of aromatic nitrogens is 2. The molecule has 23 heavy (non-hydrogen) atoms. The monoisotopic (exact) mass is 312 g/mol. The molecule has 122 valence electrons. The third kappa shape index (κ3) is 4.91. The first kappa shape index (κ1) is 17.2. The van der Waals surface area contributed by atoms with Crippen molar-refractivity contribution in [2.75, 3.05) is 31.6 Å². The maximum atomic E-state index is 9.24. The summed E-state index contributed by atoms with van der Waals surface area (Å²) in [6.45, 7) is 4.56. The molecule has 0 amide bonds. The molecule has 0 N–H and O–H groups in total. The molecular weight excluding hydrogens is 288 g/mol. The second-order valence-electron chi connectivity index (χ2n) is 6.24. The molecule has 0 aromatic carbocycles. The molecule has 1 aromatic heterocycles. The van der Waals surface area contributed by atoms with Crippen LogP contribution in [0.4, 0.5) is 5.82 Å². The largest absolute Gasteiger partial charge is 0.354 e. The Hall–Kier alpha value is -2.18. The highest BCUT2D eigenvalue weighted by atomic mass is 15.3. The van der Waals surface area contributed by atoms with Gasteiger partial charge in [-0.05, 0) is 45.4 Å². The average Bonchev–Trinajstić information content (AvgIpc) is 2.59. The van der Waals surface area contributed by atoms with Crippen molar-refractivity contribution in [2.24, 2.45) is 5.92 Å². The number of rotatable bonds is 6. The molecule has 0 saturated carbocycles. The lowest BCUT2D eigenvalue weighted by molar-refractivity contribution is 0.196. The third-order valence-corrected chi connectivity index (χ3v) is 4.42. The van der Waals surface area contributed by atoms with Crippen molar-refractivity contribution in [3.8, 4) is 12.1 Å². The van der Waals surface area contributed by atoms with Gasteiger partial charge in [-0.1, -0.05) is 0 Å². The minimum Gasteiger partial charge on any atom is -0.354 e. The summed E-state index contributed by atoms with van der Waals surface area (Å²) in [5, 5.41) is 26.3. The molecule has 1 aliphatic rings. The third-order valence-electron chi connectivity index (χ3n) is 4.42. The molecule has 6 heteroatoms. The van der Waals surface area contributed by atoms with E-state index in [9.17, 15) is 5.26 Å². The van der Waals surface area contributed by atoms with Gasteiger partial charge >= 0.3 is 0 Å². The molecule has 0 aliphatic carbocycles. The topological polar surface area (TPSA) is 79.8 Å². The van der Waals surface area contributed by atoms with Crippen LogP contribution in [0, 0.1) is 35.5 Å². The number of hydrogen-bond donors (Lipinski definition) is 0. The molecule has 2 heterocycles. The number of nitrogens with zero attached hydrogens (tertiary/aromatic N) is 6. The molecule has 1 aliphatic heterocycles. The summed E-state index contributed by atoms with van der Waals surface area (Å²) in [4.78, 5) is 4.53. The highest BCUT2D eigenvalue weighted by molar-refractivity contribution is 5.38. The smallest absolute Gasteiger partial charge is 0.151 e. The van der Waals surface area contributed by atoms with Crippen molar-refractivity contribution in [3.63, 3.8) is 0 Å². The fraction of sp³-hybridized carbons (Fsp3) is 0.647. The lowest BCUT2D eigenvalue weighted by Gasteiger charge is -2.38. The summed E-state index contributed by atoms with van der Waals surface area (Å²) in [5.74, 6) is 0.851. The first-order valence-corrected chi connectivity index (χ1v) is 8.16. The van der Waals surface area contributed by atoms with E-state index in [-0.39, 0.29) is 5.92 Å². The lowest BCUT2D eigenvalue weighted by Crippen LogP contribution is -2.48. The quantitative estimate of drug-likeness (QED) is 0.800. The minimum atomic E-state index is -0.0748.